The Morgan fingerprint density at radius 2 is 1.88 bits per heavy atom. The van der Waals surface area contributed by atoms with Crippen molar-refractivity contribution in [3.8, 4) is 0 Å². The Kier molecular flexibility index (Phi) is 5.02. The van der Waals surface area contributed by atoms with Crippen LogP contribution in [0.15, 0.2) is 12.1 Å². The lowest BCUT2D eigenvalue weighted by Crippen LogP contribution is -2.23. The highest BCUT2D eigenvalue weighted by Crippen LogP contribution is 2.27. The predicted octanol–water partition coefficient (Wildman–Crippen LogP) is 3.02. The molecule has 6 heteroatoms. The van der Waals surface area contributed by atoms with Gasteiger partial charge in [-0.05, 0) is 12.1 Å². The molecule has 0 fully saturated rings. The second-order valence-corrected chi connectivity index (χ2v) is 4.53. The molecule has 94 valence electrons. The van der Waals surface area contributed by atoms with E-state index in [9.17, 15) is 9.18 Å². The zero-order valence-electron chi connectivity index (χ0n) is 9.56. The van der Waals surface area contributed by atoms with E-state index in [1.54, 1.807) is 14.1 Å². The molecule has 0 heterocycles. The quantitative estimate of drug-likeness (QED) is 0.859. The lowest BCUT2D eigenvalue weighted by atomic mass is 10.3. The van der Waals surface area contributed by atoms with Crippen LogP contribution in [-0.2, 0) is 4.79 Å². The normalized spacial score (nSPS) is 10.2. The number of hydrogen-bond acceptors (Lipinski definition) is 2. The van der Waals surface area contributed by atoms with Crippen molar-refractivity contribution in [3.63, 3.8) is 0 Å². The van der Waals surface area contributed by atoms with Gasteiger partial charge in [-0.15, -0.1) is 0 Å². The van der Waals surface area contributed by atoms with E-state index in [2.05, 4.69) is 5.32 Å². The first-order valence-corrected chi connectivity index (χ1v) is 5.76. The molecule has 0 radical (unpaired) electrons. The van der Waals surface area contributed by atoms with Gasteiger partial charge < -0.3 is 10.2 Å². The molecule has 1 N–H and O–H groups in total. The van der Waals surface area contributed by atoms with E-state index < -0.39 is 5.82 Å². The van der Waals surface area contributed by atoms with Crippen LogP contribution in [0.5, 0.6) is 0 Å². The Hall–Kier alpha value is -1.00. The Balaban J connectivity index is 2.56. The average Bonchev–Trinajstić information content (AvgIpc) is 2.25. The maximum atomic E-state index is 13.1. The van der Waals surface area contributed by atoms with Gasteiger partial charge >= 0.3 is 0 Å². The molecule has 0 spiro atoms. The van der Waals surface area contributed by atoms with Crippen LogP contribution < -0.4 is 5.32 Å². The number of nitrogens with zero attached hydrogens (tertiary/aromatic N) is 1. The van der Waals surface area contributed by atoms with Crippen LogP contribution in [0.4, 0.5) is 10.1 Å². The summed E-state index contributed by atoms with van der Waals surface area (Å²) >= 11 is 11.3. The first kappa shape index (κ1) is 14.1. The summed E-state index contributed by atoms with van der Waals surface area (Å²) < 4.78 is 13.1. The van der Waals surface area contributed by atoms with Crippen LogP contribution in [-0.4, -0.2) is 31.4 Å². The summed E-state index contributed by atoms with van der Waals surface area (Å²) in [4.78, 5) is 12.8. The number of carbonyl (C=O) groups excluding carboxylic acids is 1. The third-order valence-electron chi connectivity index (χ3n) is 2.15. The van der Waals surface area contributed by atoms with Gasteiger partial charge in [-0.3, -0.25) is 4.79 Å². The van der Waals surface area contributed by atoms with E-state index in [1.165, 1.54) is 17.0 Å². The number of halogens is 3. The number of nitrogens with one attached hydrogen (secondary N) is 1. The van der Waals surface area contributed by atoms with E-state index in [4.69, 9.17) is 23.2 Å². The summed E-state index contributed by atoms with van der Waals surface area (Å²) in [6, 6.07) is 2.87. The van der Waals surface area contributed by atoms with Gasteiger partial charge in [-0.25, -0.2) is 4.39 Å². The van der Waals surface area contributed by atoms with Crippen molar-refractivity contribution in [3.05, 3.63) is 28.0 Å². The molecule has 0 atom stereocenters. The van der Waals surface area contributed by atoms with Crippen molar-refractivity contribution >= 4 is 34.8 Å². The summed E-state index contributed by atoms with van der Waals surface area (Å²) in [5.74, 6) is -0.625. The lowest BCUT2D eigenvalue weighted by molar-refractivity contribution is -0.128. The smallest absolute Gasteiger partial charge is 0.223 e. The number of rotatable bonds is 4. The Labute approximate surface area is 109 Å². The first-order chi connectivity index (χ1) is 7.91. The number of benzene rings is 1. The molecule has 0 unspecified atom stereocenters. The molecule has 0 saturated carbocycles. The van der Waals surface area contributed by atoms with Crippen LogP contribution >= 0.6 is 23.2 Å². The van der Waals surface area contributed by atoms with Gasteiger partial charge in [0.2, 0.25) is 5.91 Å². The summed E-state index contributed by atoms with van der Waals surface area (Å²) in [6.45, 7) is 0.440. The molecule has 1 amide bonds. The van der Waals surface area contributed by atoms with Gasteiger partial charge in [0.1, 0.15) is 0 Å². The fourth-order valence-electron chi connectivity index (χ4n) is 1.19. The maximum Gasteiger partial charge on any atom is 0.223 e. The number of hydrogen-bond donors (Lipinski definition) is 1. The largest absolute Gasteiger partial charge is 0.384 e. The molecule has 3 nitrogen and oxygen atoms in total. The molecule has 0 bridgehead atoms. The molecule has 1 rings (SSSR count). The minimum absolute atomic E-state index is 0.0109. The molecule has 17 heavy (non-hydrogen) atoms. The second-order valence-electron chi connectivity index (χ2n) is 3.72. The van der Waals surface area contributed by atoms with E-state index in [0.717, 1.165) is 0 Å². The highest BCUT2D eigenvalue weighted by Gasteiger charge is 2.08. The SMILES string of the molecule is CN(C)C(=O)CCNc1cc(Cl)c(F)c(Cl)c1. The van der Waals surface area contributed by atoms with Crippen molar-refractivity contribution in [2.45, 2.75) is 6.42 Å². The fourth-order valence-corrected chi connectivity index (χ4v) is 1.68. The highest BCUT2D eigenvalue weighted by atomic mass is 35.5. The molecule has 1 aromatic carbocycles. The molecular formula is C11H13Cl2FN2O. The van der Waals surface area contributed by atoms with E-state index in [0.29, 0.717) is 18.7 Å². The standard InChI is InChI=1S/C11H13Cl2FN2O/c1-16(2)10(17)3-4-15-7-5-8(12)11(14)9(13)6-7/h5-6,15H,3-4H2,1-2H3. The molecule has 0 aliphatic rings. The number of carbonyl (C=O) groups is 1. The molecule has 0 saturated heterocycles. The van der Waals surface area contributed by atoms with Crippen molar-refractivity contribution in [2.24, 2.45) is 0 Å². The first-order valence-electron chi connectivity index (χ1n) is 5.00. The van der Waals surface area contributed by atoms with Crippen molar-refractivity contribution in [2.75, 3.05) is 26.0 Å². The van der Waals surface area contributed by atoms with Gasteiger partial charge in [-0.1, -0.05) is 23.2 Å². The topological polar surface area (TPSA) is 32.3 Å². The van der Waals surface area contributed by atoms with Gasteiger partial charge in [-0.2, -0.15) is 0 Å². The Bertz CT molecular complexity index is 401. The van der Waals surface area contributed by atoms with Gasteiger partial charge in [0, 0.05) is 32.7 Å². The van der Waals surface area contributed by atoms with Crippen molar-refractivity contribution < 1.29 is 9.18 Å². The average molecular weight is 279 g/mol. The zero-order chi connectivity index (χ0) is 13.0. The summed E-state index contributed by atoms with van der Waals surface area (Å²) in [7, 11) is 3.38. The van der Waals surface area contributed by atoms with Crippen LogP contribution in [0.3, 0.4) is 0 Å². The molecule has 0 aromatic heterocycles. The Morgan fingerprint density at radius 3 is 2.35 bits per heavy atom. The summed E-state index contributed by atoms with van der Waals surface area (Å²) in [5.41, 5.74) is 0.591. The molecule has 0 aliphatic carbocycles. The zero-order valence-corrected chi connectivity index (χ0v) is 11.1. The van der Waals surface area contributed by atoms with E-state index in [-0.39, 0.29) is 16.0 Å². The Morgan fingerprint density at radius 1 is 1.35 bits per heavy atom. The van der Waals surface area contributed by atoms with E-state index in [1.807, 2.05) is 0 Å². The van der Waals surface area contributed by atoms with Crippen LogP contribution in [0.2, 0.25) is 10.0 Å². The second kappa shape index (κ2) is 6.07. The maximum absolute atomic E-state index is 13.1. The number of amides is 1. The minimum atomic E-state index is -0.636. The van der Waals surface area contributed by atoms with Gasteiger partial charge in [0.25, 0.3) is 0 Å². The number of anilines is 1. The molecule has 0 aliphatic heterocycles. The summed E-state index contributed by atoms with van der Waals surface area (Å²) in [5, 5.41) is 2.87. The highest BCUT2D eigenvalue weighted by molar-refractivity contribution is 6.35. The van der Waals surface area contributed by atoms with Crippen molar-refractivity contribution in [1.82, 2.24) is 4.90 Å². The molecular weight excluding hydrogens is 266 g/mol. The van der Waals surface area contributed by atoms with Crippen LogP contribution in [0.1, 0.15) is 6.42 Å². The van der Waals surface area contributed by atoms with E-state index >= 15 is 0 Å². The van der Waals surface area contributed by atoms with Gasteiger partial charge in [0.15, 0.2) is 5.82 Å². The minimum Gasteiger partial charge on any atom is -0.384 e. The summed E-state index contributed by atoms with van der Waals surface area (Å²) in [6.07, 6.45) is 0.347. The third-order valence-corrected chi connectivity index (χ3v) is 2.70. The lowest BCUT2D eigenvalue weighted by Gasteiger charge is -2.11. The van der Waals surface area contributed by atoms with Crippen molar-refractivity contribution in [1.29, 1.82) is 0 Å². The fraction of sp³-hybridized carbons (Fsp3) is 0.364. The molecule has 1 aromatic rings. The van der Waals surface area contributed by atoms with Crippen LogP contribution in [0, 0.1) is 5.82 Å². The van der Waals surface area contributed by atoms with Crippen LogP contribution in [0.25, 0.3) is 0 Å². The predicted molar refractivity (Wildman–Crippen MR) is 68.2 cm³/mol. The van der Waals surface area contributed by atoms with Gasteiger partial charge in [0.05, 0.1) is 10.0 Å². The third kappa shape index (κ3) is 4.06. The monoisotopic (exact) mass is 278 g/mol.